The van der Waals surface area contributed by atoms with Gasteiger partial charge in [0.2, 0.25) is 5.91 Å². The average Bonchev–Trinajstić information content (AvgIpc) is 3.29. The predicted molar refractivity (Wildman–Crippen MR) is 121 cm³/mol. The maximum atomic E-state index is 14.2. The number of halogens is 2. The van der Waals surface area contributed by atoms with Gasteiger partial charge in [-0.15, -0.1) is 0 Å². The first-order chi connectivity index (χ1) is 15.2. The van der Waals surface area contributed by atoms with Crippen molar-refractivity contribution in [2.24, 2.45) is 12.8 Å². The normalized spacial score (nSPS) is 12.3. The molecule has 32 heavy (non-hydrogen) atoms. The van der Waals surface area contributed by atoms with Crippen LogP contribution in [-0.2, 0) is 18.3 Å². The molecule has 1 aromatic carbocycles. The SMILES string of the molecule is COc1ccc(F)c(Cl)c1[C@@H](C)c1c[nH]c2ncc(-c3c(C)nn(C)c3CC(N)=O)cc12. The standard InChI is InChI=1S/C23H23ClFN5O2/c1-11(20-18(32-4)6-5-16(25)22(20)24)15-10-28-23-14(15)7-13(9-27-23)21-12(2)29-30(3)17(21)8-19(26)31/h5-7,9-11H,8H2,1-4H3,(H2,26,31)(H,27,28)/t11-/m0/s1. The molecule has 4 rings (SSSR count). The summed E-state index contributed by atoms with van der Waals surface area (Å²) in [6, 6.07) is 4.84. The van der Waals surface area contributed by atoms with Gasteiger partial charge >= 0.3 is 0 Å². The number of aromatic nitrogens is 4. The summed E-state index contributed by atoms with van der Waals surface area (Å²) in [5, 5.41) is 5.34. The summed E-state index contributed by atoms with van der Waals surface area (Å²) in [7, 11) is 3.31. The van der Waals surface area contributed by atoms with Crippen molar-refractivity contribution in [1.29, 1.82) is 0 Å². The minimum Gasteiger partial charge on any atom is -0.496 e. The van der Waals surface area contributed by atoms with E-state index in [0.29, 0.717) is 17.0 Å². The van der Waals surface area contributed by atoms with Crippen LogP contribution in [0.5, 0.6) is 5.75 Å². The van der Waals surface area contributed by atoms with Gasteiger partial charge in [0.25, 0.3) is 0 Å². The monoisotopic (exact) mass is 455 g/mol. The third-order valence-electron chi connectivity index (χ3n) is 5.75. The van der Waals surface area contributed by atoms with Crippen molar-refractivity contribution in [3.8, 4) is 16.9 Å². The van der Waals surface area contributed by atoms with Gasteiger partial charge in [-0.25, -0.2) is 9.37 Å². The number of rotatable bonds is 6. The number of methoxy groups -OCH3 is 1. The zero-order valence-electron chi connectivity index (χ0n) is 18.2. The van der Waals surface area contributed by atoms with Crippen LogP contribution < -0.4 is 10.5 Å². The van der Waals surface area contributed by atoms with Crippen molar-refractivity contribution in [1.82, 2.24) is 19.7 Å². The second-order valence-electron chi connectivity index (χ2n) is 7.74. The van der Waals surface area contributed by atoms with Crippen molar-refractivity contribution in [2.75, 3.05) is 7.11 Å². The van der Waals surface area contributed by atoms with Crippen LogP contribution >= 0.6 is 11.6 Å². The van der Waals surface area contributed by atoms with E-state index in [4.69, 9.17) is 22.1 Å². The van der Waals surface area contributed by atoms with Crippen LogP contribution in [0.25, 0.3) is 22.2 Å². The summed E-state index contributed by atoms with van der Waals surface area (Å²) in [6.45, 7) is 3.81. The molecule has 0 spiro atoms. The van der Waals surface area contributed by atoms with Crippen molar-refractivity contribution in [3.05, 3.63) is 63.9 Å². The molecule has 0 radical (unpaired) electrons. The minimum atomic E-state index is -0.505. The predicted octanol–water partition coefficient (Wildman–Crippen LogP) is 4.25. The molecule has 3 N–H and O–H groups in total. The lowest BCUT2D eigenvalue weighted by molar-refractivity contribution is -0.117. The molecule has 1 amide bonds. The van der Waals surface area contributed by atoms with Crippen LogP contribution in [0.4, 0.5) is 4.39 Å². The lowest BCUT2D eigenvalue weighted by atomic mass is 9.91. The number of nitrogens with two attached hydrogens (primary N) is 1. The van der Waals surface area contributed by atoms with E-state index in [1.807, 2.05) is 26.1 Å². The highest BCUT2D eigenvalue weighted by Gasteiger charge is 2.24. The molecule has 3 heterocycles. The van der Waals surface area contributed by atoms with E-state index >= 15 is 0 Å². The number of fused-ring (bicyclic) bond motifs is 1. The van der Waals surface area contributed by atoms with Crippen LogP contribution in [0.1, 0.15) is 35.4 Å². The van der Waals surface area contributed by atoms with Gasteiger partial charge < -0.3 is 15.5 Å². The number of benzene rings is 1. The van der Waals surface area contributed by atoms with Crippen LogP contribution in [0.2, 0.25) is 5.02 Å². The lowest BCUT2D eigenvalue weighted by Crippen LogP contribution is -2.16. The lowest BCUT2D eigenvalue weighted by Gasteiger charge is -2.17. The van der Waals surface area contributed by atoms with Gasteiger partial charge in [-0.3, -0.25) is 9.48 Å². The molecule has 0 aliphatic rings. The summed E-state index contributed by atoms with van der Waals surface area (Å²) in [6.07, 6.45) is 3.64. The molecule has 9 heteroatoms. The number of hydrogen-bond donors (Lipinski definition) is 2. The summed E-state index contributed by atoms with van der Waals surface area (Å²) in [5.41, 5.74) is 10.7. The number of aryl methyl sites for hydroxylation is 2. The van der Waals surface area contributed by atoms with Gasteiger partial charge in [-0.2, -0.15) is 5.10 Å². The van der Waals surface area contributed by atoms with E-state index in [0.717, 1.165) is 33.5 Å². The fourth-order valence-electron chi connectivity index (χ4n) is 4.25. The first kappa shape index (κ1) is 21.8. The smallest absolute Gasteiger partial charge is 0.223 e. The van der Waals surface area contributed by atoms with Gasteiger partial charge in [-0.1, -0.05) is 18.5 Å². The van der Waals surface area contributed by atoms with Gasteiger partial charge in [-0.05, 0) is 30.7 Å². The minimum absolute atomic E-state index is 0.0298. The van der Waals surface area contributed by atoms with Crippen molar-refractivity contribution in [2.45, 2.75) is 26.2 Å². The molecule has 0 saturated carbocycles. The van der Waals surface area contributed by atoms with E-state index < -0.39 is 11.7 Å². The third-order valence-corrected chi connectivity index (χ3v) is 6.13. The topological polar surface area (TPSA) is 98.8 Å². The molecule has 4 aromatic rings. The summed E-state index contributed by atoms with van der Waals surface area (Å²) < 4.78 is 21.3. The Hall–Kier alpha value is -3.39. The van der Waals surface area contributed by atoms with Gasteiger partial charge in [0.1, 0.15) is 17.2 Å². The van der Waals surface area contributed by atoms with Crippen LogP contribution in [0, 0.1) is 12.7 Å². The molecule has 0 saturated heterocycles. The highest BCUT2D eigenvalue weighted by Crippen LogP contribution is 2.41. The number of nitrogens with one attached hydrogen (secondary N) is 1. The summed E-state index contributed by atoms with van der Waals surface area (Å²) in [4.78, 5) is 19.3. The number of aromatic amines is 1. The molecule has 0 fully saturated rings. The molecule has 1 atom stereocenters. The Morgan fingerprint density at radius 2 is 2.16 bits per heavy atom. The molecule has 166 valence electrons. The van der Waals surface area contributed by atoms with Crippen molar-refractivity contribution < 1.29 is 13.9 Å². The zero-order valence-corrected chi connectivity index (χ0v) is 18.9. The first-order valence-corrected chi connectivity index (χ1v) is 10.4. The molecule has 3 aromatic heterocycles. The third kappa shape index (κ3) is 3.60. The Morgan fingerprint density at radius 3 is 2.84 bits per heavy atom. The Morgan fingerprint density at radius 1 is 1.41 bits per heavy atom. The Bertz CT molecular complexity index is 1340. The van der Waals surface area contributed by atoms with E-state index in [1.54, 1.807) is 24.0 Å². The highest BCUT2D eigenvalue weighted by molar-refractivity contribution is 6.31. The molecular formula is C23H23ClFN5O2. The summed E-state index contributed by atoms with van der Waals surface area (Å²) >= 11 is 6.32. The first-order valence-electron chi connectivity index (χ1n) is 10.0. The second-order valence-corrected chi connectivity index (χ2v) is 8.11. The van der Waals surface area contributed by atoms with E-state index in [1.165, 1.54) is 13.2 Å². The number of hydrogen-bond acceptors (Lipinski definition) is 4. The number of nitrogens with zero attached hydrogens (tertiary/aromatic N) is 3. The number of primary amides is 1. The van der Waals surface area contributed by atoms with E-state index in [-0.39, 0.29) is 17.4 Å². The fourth-order valence-corrected chi connectivity index (χ4v) is 4.57. The largest absolute Gasteiger partial charge is 0.496 e. The number of H-pyrrole nitrogens is 1. The average molecular weight is 456 g/mol. The molecule has 7 nitrogen and oxygen atoms in total. The van der Waals surface area contributed by atoms with Crippen LogP contribution in [-0.4, -0.2) is 32.8 Å². The number of pyridine rings is 1. The maximum Gasteiger partial charge on any atom is 0.223 e. The Balaban J connectivity index is 1.88. The Kier molecular flexibility index (Phi) is 5.64. The van der Waals surface area contributed by atoms with E-state index in [2.05, 4.69) is 15.1 Å². The molecule has 0 aliphatic heterocycles. The fraction of sp³-hybridized carbons (Fsp3) is 0.261. The Labute approximate surface area is 189 Å². The van der Waals surface area contributed by atoms with Crippen molar-refractivity contribution >= 4 is 28.5 Å². The van der Waals surface area contributed by atoms with Gasteiger partial charge in [0.15, 0.2) is 0 Å². The van der Waals surface area contributed by atoms with Crippen molar-refractivity contribution in [3.63, 3.8) is 0 Å². The van der Waals surface area contributed by atoms with Gasteiger partial charge in [0, 0.05) is 47.4 Å². The summed E-state index contributed by atoms with van der Waals surface area (Å²) in [5.74, 6) is -0.713. The molecule has 0 aliphatic carbocycles. The number of ether oxygens (including phenoxy) is 1. The quantitative estimate of drug-likeness (QED) is 0.454. The zero-order chi connectivity index (χ0) is 23.2. The second kappa shape index (κ2) is 8.27. The molecule has 0 unspecified atom stereocenters. The highest BCUT2D eigenvalue weighted by atomic mass is 35.5. The number of amides is 1. The maximum absolute atomic E-state index is 14.2. The molecular weight excluding hydrogens is 433 g/mol. The van der Waals surface area contributed by atoms with Crippen LogP contribution in [0.15, 0.2) is 30.6 Å². The van der Waals surface area contributed by atoms with Crippen LogP contribution in [0.3, 0.4) is 0 Å². The number of carbonyl (C=O) groups is 1. The number of carbonyl (C=O) groups excluding carboxylic acids is 1. The molecule has 0 bridgehead atoms. The van der Waals surface area contributed by atoms with E-state index in [9.17, 15) is 9.18 Å². The van der Waals surface area contributed by atoms with Gasteiger partial charge in [0.05, 0.1) is 29.9 Å².